The number of nitrogens with zero attached hydrogens (tertiary/aromatic N) is 2. The molecule has 0 fully saturated rings. The molecule has 2 aromatic rings. The van der Waals surface area contributed by atoms with Crippen molar-refractivity contribution in [1.82, 2.24) is 9.78 Å². The van der Waals surface area contributed by atoms with Gasteiger partial charge in [-0.05, 0) is 18.2 Å². The molecule has 5 nitrogen and oxygen atoms in total. The molecular weight excluding hydrogens is 287 g/mol. The summed E-state index contributed by atoms with van der Waals surface area (Å²) in [6.45, 7) is -0.733. The quantitative estimate of drug-likeness (QED) is 0.696. The van der Waals surface area contributed by atoms with Crippen LogP contribution in [0.5, 0.6) is 0 Å². The van der Waals surface area contributed by atoms with Crippen LogP contribution in [0.1, 0.15) is 16.9 Å². The SMILES string of the molecule is Nc1ccccc1-n1ccc(C(=O)OCCC(F)(F)F)n1. The lowest BCUT2D eigenvalue weighted by Crippen LogP contribution is -2.15. The molecule has 0 spiro atoms. The summed E-state index contributed by atoms with van der Waals surface area (Å²) in [5, 5.41) is 3.94. The highest BCUT2D eigenvalue weighted by atomic mass is 19.4. The van der Waals surface area contributed by atoms with Gasteiger partial charge in [0.2, 0.25) is 0 Å². The largest absolute Gasteiger partial charge is 0.461 e. The lowest BCUT2D eigenvalue weighted by molar-refractivity contribution is -0.141. The third kappa shape index (κ3) is 3.98. The molecule has 1 heterocycles. The van der Waals surface area contributed by atoms with Gasteiger partial charge in [-0.2, -0.15) is 18.3 Å². The lowest BCUT2D eigenvalue weighted by Gasteiger charge is -2.06. The Morgan fingerprint density at radius 3 is 2.67 bits per heavy atom. The number of carbonyl (C=O) groups is 1. The van der Waals surface area contributed by atoms with Crippen molar-refractivity contribution in [3.05, 3.63) is 42.2 Å². The van der Waals surface area contributed by atoms with Gasteiger partial charge < -0.3 is 10.5 Å². The number of alkyl halides is 3. The van der Waals surface area contributed by atoms with Gasteiger partial charge in [-0.25, -0.2) is 9.48 Å². The predicted octanol–water partition coefficient (Wildman–Crippen LogP) is 2.56. The van der Waals surface area contributed by atoms with E-state index in [-0.39, 0.29) is 5.69 Å². The number of hydrogen-bond donors (Lipinski definition) is 1. The average Bonchev–Trinajstić information content (AvgIpc) is 2.87. The number of halogens is 3. The Hall–Kier alpha value is -2.51. The summed E-state index contributed by atoms with van der Waals surface area (Å²) in [5.74, 6) is -0.910. The number of hydrogen-bond acceptors (Lipinski definition) is 4. The molecule has 0 saturated carbocycles. The van der Waals surface area contributed by atoms with E-state index < -0.39 is 25.2 Å². The molecule has 0 saturated heterocycles. The summed E-state index contributed by atoms with van der Waals surface area (Å²) >= 11 is 0. The van der Waals surface area contributed by atoms with Gasteiger partial charge in [0, 0.05) is 6.20 Å². The van der Waals surface area contributed by atoms with Crippen LogP contribution in [0.2, 0.25) is 0 Å². The molecule has 21 heavy (non-hydrogen) atoms. The summed E-state index contributed by atoms with van der Waals surface area (Å²) < 4.78 is 41.7. The van der Waals surface area contributed by atoms with Crippen LogP contribution in [0.4, 0.5) is 18.9 Å². The number of nitrogens with two attached hydrogens (primary N) is 1. The molecule has 0 atom stereocenters. The summed E-state index contributed by atoms with van der Waals surface area (Å²) in [6.07, 6.45) is -4.07. The Morgan fingerprint density at radius 2 is 2.00 bits per heavy atom. The molecule has 112 valence electrons. The number of benzene rings is 1. The van der Waals surface area contributed by atoms with Gasteiger partial charge in [-0.1, -0.05) is 12.1 Å². The predicted molar refractivity (Wildman–Crippen MR) is 68.9 cm³/mol. The normalized spacial score (nSPS) is 11.4. The number of ether oxygens (including phenoxy) is 1. The lowest BCUT2D eigenvalue weighted by atomic mass is 10.3. The van der Waals surface area contributed by atoms with E-state index in [0.717, 1.165) is 0 Å². The van der Waals surface area contributed by atoms with Gasteiger partial charge in [0.1, 0.15) is 6.61 Å². The fourth-order valence-electron chi connectivity index (χ4n) is 1.60. The topological polar surface area (TPSA) is 70.1 Å². The molecule has 1 aromatic carbocycles. The van der Waals surface area contributed by atoms with Gasteiger partial charge in [0.15, 0.2) is 5.69 Å². The van der Waals surface area contributed by atoms with Crippen molar-refractivity contribution in [1.29, 1.82) is 0 Å². The van der Waals surface area contributed by atoms with Gasteiger partial charge in [0.25, 0.3) is 0 Å². The highest BCUT2D eigenvalue weighted by Gasteiger charge is 2.27. The van der Waals surface area contributed by atoms with Crippen LogP contribution in [0, 0.1) is 0 Å². The smallest absolute Gasteiger partial charge is 0.392 e. The Bertz CT molecular complexity index is 638. The van der Waals surface area contributed by atoms with Crippen LogP contribution < -0.4 is 5.73 Å². The highest BCUT2D eigenvalue weighted by molar-refractivity contribution is 5.87. The number of esters is 1. The van der Waals surface area contributed by atoms with Crippen molar-refractivity contribution in [3.8, 4) is 5.69 Å². The van der Waals surface area contributed by atoms with Crippen LogP contribution in [-0.4, -0.2) is 28.5 Å². The first-order valence-electron chi connectivity index (χ1n) is 6.01. The maximum absolute atomic E-state index is 12.0. The second kappa shape index (κ2) is 5.86. The summed E-state index contributed by atoms with van der Waals surface area (Å²) in [7, 11) is 0. The minimum Gasteiger partial charge on any atom is -0.461 e. The number of para-hydroxylation sites is 2. The summed E-state index contributed by atoms with van der Waals surface area (Å²) in [6, 6.07) is 8.20. The molecule has 0 aliphatic rings. The van der Waals surface area contributed by atoms with Crippen molar-refractivity contribution < 1.29 is 22.7 Å². The maximum atomic E-state index is 12.0. The number of aromatic nitrogens is 2. The van der Waals surface area contributed by atoms with Gasteiger partial charge in [-0.15, -0.1) is 0 Å². The second-order valence-corrected chi connectivity index (χ2v) is 4.21. The van der Waals surface area contributed by atoms with Crippen molar-refractivity contribution >= 4 is 11.7 Å². The van der Waals surface area contributed by atoms with E-state index in [2.05, 4.69) is 9.84 Å². The summed E-state index contributed by atoms with van der Waals surface area (Å²) in [5.41, 5.74) is 6.70. The highest BCUT2D eigenvalue weighted by Crippen LogP contribution is 2.19. The van der Waals surface area contributed by atoms with E-state index in [1.54, 1.807) is 24.3 Å². The number of rotatable bonds is 4. The average molecular weight is 299 g/mol. The first kappa shape index (κ1) is 14.9. The summed E-state index contributed by atoms with van der Waals surface area (Å²) in [4.78, 5) is 11.6. The number of carbonyl (C=O) groups excluding carboxylic acids is 1. The first-order valence-corrected chi connectivity index (χ1v) is 6.01. The molecular formula is C13H12F3N3O2. The molecule has 0 aliphatic heterocycles. The van der Waals surface area contributed by atoms with E-state index in [1.807, 2.05) is 0 Å². The Morgan fingerprint density at radius 1 is 1.29 bits per heavy atom. The number of nitrogen functional groups attached to an aromatic ring is 1. The van der Waals surface area contributed by atoms with Crippen LogP contribution >= 0.6 is 0 Å². The zero-order valence-electron chi connectivity index (χ0n) is 10.8. The third-order valence-electron chi connectivity index (χ3n) is 2.60. The standard InChI is InChI=1S/C13H12F3N3O2/c14-13(15,16)6-8-21-12(20)10-5-7-19(18-10)11-4-2-1-3-9(11)17/h1-5,7H,6,8,17H2. The maximum Gasteiger partial charge on any atom is 0.392 e. The fourth-order valence-corrected chi connectivity index (χ4v) is 1.60. The molecule has 0 amide bonds. The molecule has 0 radical (unpaired) electrons. The van der Waals surface area contributed by atoms with Crippen molar-refractivity contribution in [2.45, 2.75) is 12.6 Å². The van der Waals surface area contributed by atoms with Crippen molar-refractivity contribution in [2.24, 2.45) is 0 Å². The molecule has 0 unspecified atom stereocenters. The zero-order valence-corrected chi connectivity index (χ0v) is 10.8. The Balaban J connectivity index is 2.03. The first-order chi connectivity index (χ1) is 9.87. The van der Waals surface area contributed by atoms with E-state index in [4.69, 9.17) is 5.73 Å². The van der Waals surface area contributed by atoms with Crippen LogP contribution in [0.25, 0.3) is 5.69 Å². The molecule has 0 aliphatic carbocycles. The molecule has 8 heteroatoms. The number of anilines is 1. The monoisotopic (exact) mass is 299 g/mol. The zero-order chi connectivity index (χ0) is 15.5. The van der Waals surface area contributed by atoms with Crippen LogP contribution in [-0.2, 0) is 4.74 Å². The van der Waals surface area contributed by atoms with Gasteiger partial charge >= 0.3 is 12.1 Å². The second-order valence-electron chi connectivity index (χ2n) is 4.21. The van der Waals surface area contributed by atoms with E-state index >= 15 is 0 Å². The minimum atomic E-state index is -4.36. The van der Waals surface area contributed by atoms with E-state index in [9.17, 15) is 18.0 Å². The van der Waals surface area contributed by atoms with Gasteiger partial charge in [-0.3, -0.25) is 0 Å². The molecule has 2 N–H and O–H groups in total. The van der Waals surface area contributed by atoms with Crippen LogP contribution in [0.15, 0.2) is 36.5 Å². The van der Waals surface area contributed by atoms with Gasteiger partial charge in [0.05, 0.1) is 17.8 Å². The Labute approximate surface area is 118 Å². The van der Waals surface area contributed by atoms with Crippen molar-refractivity contribution in [3.63, 3.8) is 0 Å². The van der Waals surface area contributed by atoms with Crippen LogP contribution in [0.3, 0.4) is 0 Å². The Kier molecular flexibility index (Phi) is 4.15. The molecule has 1 aromatic heterocycles. The third-order valence-corrected chi connectivity index (χ3v) is 2.60. The molecule has 2 rings (SSSR count). The fraction of sp³-hybridized carbons (Fsp3) is 0.231. The van der Waals surface area contributed by atoms with E-state index in [1.165, 1.54) is 16.9 Å². The molecule has 0 bridgehead atoms. The van der Waals surface area contributed by atoms with E-state index in [0.29, 0.717) is 11.4 Å². The minimum absolute atomic E-state index is 0.0829. The van der Waals surface area contributed by atoms with Crippen molar-refractivity contribution in [2.75, 3.05) is 12.3 Å².